The third-order valence-electron chi connectivity index (χ3n) is 4.23. The maximum Gasteiger partial charge on any atom is 0.393 e. The fourth-order valence-corrected chi connectivity index (χ4v) is 4.46. The van der Waals surface area contributed by atoms with Gasteiger partial charge in [-0.15, -0.1) is 0 Å². The Kier molecular flexibility index (Phi) is 5.48. The molecule has 140 valence electrons. The number of sulfonamides is 1. The molecule has 1 aromatic rings. The van der Waals surface area contributed by atoms with Crippen molar-refractivity contribution in [2.24, 2.45) is 17.8 Å². The minimum absolute atomic E-state index is 0.132. The molecule has 1 fully saturated rings. The molecule has 0 amide bonds. The Morgan fingerprint density at radius 2 is 1.80 bits per heavy atom. The highest BCUT2D eigenvalue weighted by Gasteiger charge is 2.54. The molecular weight excluding hydrogens is 359 g/mol. The number of carboxylic acids is 1. The Bertz CT molecular complexity index is 729. The summed E-state index contributed by atoms with van der Waals surface area (Å²) < 4.78 is 64.8. The lowest BCUT2D eigenvalue weighted by Crippen LogP contribution is -2.34. The number of carbonyl (C=O) groups is 1. The summed E-state index contributed by atoms with van der Waals surface area (Å²) in [5, 5.41) is 9.00. The van der Waals surface area contributed by atoms with Gasteiger partial charge < -0.3 is 5.11 Å². The lowest BCUT2D eigenvalue weighted by Gasteiger charge is -2.18. The molecule has 0 unspecified atom stereocenters. The summed E-state index contributed by atoms with van der Waals surface area (Å²) in [6.07, 6.45) is -4.02. The standard InChI is InChI=1S/C16H20F3NO4S/c1-10(2)7-11-3-5-12(6-4-11)25(23,24)20-8-13(15(21)22)14(9-20)16(17,18)19/h3-6,10,13-14H,7-9H2,1-2H3,(H,21,22)/t13-,14-/m1/s1. The van der Waals surface area contributed by atoms with E-state index >= 15 is 0 Å². The van der Waals surface area contributed by atoms with Crippen LogP contribution in [0.5, 0.6) is 0 Å². The number of hydrogen-bond donors (Lipinski definition) is 1. The second kappa shape index (κ2) is 6.95. The number of alkyl halides is 3. The lowest BCUT2D eigenvalue weighted by molar-refractivity contribution is -0.187. The minimum Gasteiger partial charge on any atom is -0.481 e. The average Bonchev–Trinajstić information content (AvgIpc) is 2.93. The van der Waals surface area contributed by atoms with Crippen molar-refractivity contribution in [3.63, 3.8) is 0 Å². The number of halogens is 3. The highest BCUT2D eigenvalue weighted by Crippen LogP contribution is 2.39. The van der Waals surface area contributed by atoms with Gasteiger partial charge in [-0.1, -0.05) is 26.0 Å². The van der Waals surface area contributed by atoms with Crippen LogP contribution in [0.2, 0.25) is 0 Å². The summed E-state index contributed by atoms with van der Waals surface area (Å²) in [5.41, 5.74) is 0.923. The normalized spacial score (nSPS) is 22.5. The van der Waals surface area contributed by atoms with E-state index in [0.717, 1.165) is 12.0 Å². The first-order chi connectivity index (χ1) is 11.4. The largest absolute Gasteiger partial charge is 0.481 e. The second-order valence-corrected chi connectivity index (χ2v) is 8.59. The Hall–Kier alpha value is -1.61. The third-order valence-corrected chi connectivity index (χ3v) is 6.07. The van der Waals surface area contributed by atoms with Crippen molar-refractivity contribution >= 4 is 16.0 Å². The number of benzene rings is 1. The zero-order valence-electron chi connectivity index (χ0n) is 13.8. The van der Waals surface area contributed by atoms with E-state index in [-0.39, 0.29) is 4.90 Å². The van der Waals surface area contributed by atoms with Gasteiger partial charge in [-0.3, -0.25) is 4.79 Å². The molecule has 2 rings (SSSR count). The van der Waals surface area contributed by atoms with Crippen molar-refractivity contribution in [2.75, 3.05) is 13.1 Å². The Morgan fingerprint density at radius 1 is 1.24 bits per heavy atom. The Morgan fingerprint density at radius 3 is 2.20 bits per heavy atom. The lowest BCUT2D eigenvalue weighted by atomic mass is 9.96. The van der Waals surface area contributed by atoms with Crippen LogP contribution in [-0.4, -0.2) is 43.1 Å². The summed E-state index contributed by atoms with van der Waals surface area (Å²) >= 11 is 0. The molecule has 1 aromatic carbocycles. The molecule has 1 aliphatic heterocycles. The van der Waals surface area contributed by atoms with Crippen LogP contribution in [0, 0.1) is 17.8 Å². The number of aliphatic carboxylic acids is 1. The Labute approximate surface area is 144 Å². The van der Waals surface area contributed by atoms with E-state index in [9.17, 15) is 26.4 Å². The molecule has 1 N–H and O–H groups in total. The predicted molar refractivity (Wildman–Crippen MR) is 84.4 cm³/mol. The molecule has 25 heavy (non-hydrogen) atoms. The van der Waals surface area contributed by atoms with Crippen LogP contribution in [0.15, 0.2) is 29.2 Å². The fraction of sp³-hybridized carbons (Fsp3) is 0.562. The van der Waals surface area contributed by atoms with Crippen LogP contribution in [-0.2, 0) is 21.2 Å². The Balaban J connectivity index is 2.26. The quantitative estimate of drug-likeness (QED) is 0.854. The van der Waals surface area contributed by atoms with E-state index in [1.54, 1.807) is 12.1 Å². The van der Waals surface area contributed by atoms with E-state index in [0.29, 0.717) is 10.2 Å². The number of nitrogens with zero attached hydrogens (tertiary/aromatic N) is 1. The molecule has 0 aromatic heterocycles. The zero-order chi connectivity index (χ0) is 19.0. The van der Waals surface area contributed by atoms with Crippen molar-refractivity contribution in [3.8, 4) is 0 Å². The first-order valence-corrected chi connectivity index (χ1v) is 9.25. The summed E-state index contributed by atoms with van der Waals surface area (Å²) in [7, 11) is -4.17. The van der Waals surface area contributed by atoms with E-state index < -0.39 is 47.1 Å². The molecule has 0 radical (unpaired) electrons. The minimum atomic E-state index is -4.77. The molecule has 0 spiro atoms. The van der Waals surface area contributed by atoms with Crippen molar-refractivity contribution in [3.05, 3.63) is 29.8 Å². The van der Waals surface area contributed by atoms with Gasteiger partial charge in [0.05, 0.1) is 16.7 Å². The number of carboxylic acid groups (broad SMARTS) is 1. The van der Waals surface area contributed by atoms with Gasteiger partial charge in [-0.2, -0.15) is 17.5 Å². The fourth-order valence-electron chi connectivity index (χ4n) is 2.96. The summed E-state index contributed by atoms with van der Waals surface area (Å²) in [5.74, 6) is -5.27. The molecule has 5 nitrogen and oxygen atoms in total. The summed E-state index contributed by atoms with van der Waals surface area (Å²) in [6.45, 7) is 2.46. The van der Waals surface area contributed by atoms with Crippen LogP contribution in [0.1, 0.15) is 19.4 Å². The van der Waals surface area contributed by atoms with Crippen molar-refractivity contribution in [1.29, 1.82) is 0 Å². The highest BCUT2D eigenvalue weighted by atomic mass is 32.2. The van der Waals surface area contributed by atoms with Crippen molar-refractivity contribution in [2.45, 2.75) is 31.3 Å². The van der Waals surface area contributed by atoms with Crippen molar-refractivity contribution < 1.29 is 31.5 Å². The number of hydrogen-bond acceptors (Lipinski definition) is 3. The van der Waals surface area contributed by atoms with E-state index in [1.165, 1.54) is 12.1 Å². The molecule has 0 bridgehead atoms. The zero-order valence-corrected chi connectivity index (χ0v) is 14.6. The molecule has 0 aliphatic carbocycles. The maximum atomic E-state index is 13.0. The SMILES string of the molecule is CC(C)Cc1ccc(S(=O)(=O)N2C[C@@H](C(F)(F)F)[C@H](C(=O)O)C2)cc1. The maximum absolute atomic E-state index is 13.0. The monoisotopic (exact) mass is 379 g/mol. The van der Waals surface area contributed by atoms with Gasteiger partial charge >= 0.3 is 12.1 Å². The van der Waals surface area contributed by atoms with E-state index in [4.69, 9.17) is 5.11 Å². The van der Waals surface area contributed by atoms with Crippen molar-refractivity contribution in [1.82, 2.24) is 4.31 Å². The summed E-state index contributed by atoms with van der Waals surface area (Å²) in [4.78, 5) is 11.0. The van der Waals surface area contributed by atoms with E-state index in [2.05, 4.69) is 0 Å². The van der Waals surface area contributed by atoms with Gasteiger partial charge in [0.25, 0.3) is 0 Å². The van der Waals surface area contributed by atoms with E-state index in [1.807, 2.05) is 13.8 Å². The molecular formula is C16H20F3NO4S. The number of rotatable bonds is 5. The van der Waals surface area contributed by atoms with Gasteiger partial charge in [-0.25, -0.2) is 8.42 Å². The molecule has 1 saturated heterocycles. The smallest absolute Gasteiger partial charge is 0.393 e. The average molecular weight is 379 g/mol. The molecule has 1 aliphatic rings. The predicted octanol–water partition coefficient (Wildman–Crippen LogP) is 2.77. The van der Waals surface area contributed by atoms with Gasteiger partial charge in [0.1, 0.15) is 0 Å². The van der Waals surface area contributed by atoms with Gasteiger partial charge in [0.2, 0.25) is 10.0 Å². The second-order valence-electron chi connectivity index (χ2n) is 6.66. The molecule has 9 heteroatoms. The van der Waals surface area contributed by atoms with Crippen LogP contribution in [0.25, 0.3) is 0 Å². The highest BCUT2D eigenvalue weighted by molar-refractivity contribution is 7.89. The summed E-state index contributed by atoms with van der Waals surface area (Å²) in [6, 6.07) is 5.95. The topological polar surface area (TPSA) is 74.7 Å². The van der Waals surface area contributed by atoms with Crippen LogP contribution in [0.4, 0.5) is 13.2 Å². The van der Waals surface area contributed by atoms with Crippen LogP contribution in [0.3, 0.4) is 0 Å². The molecule has 1 heterocycles. The first kappa shape index (κ1) is 19.7. The molecule has 0 saturated carbocycles. The van der Waals surface area contributed by atoms with Crippen LogP contribution >= 0.6 is 0 Å². The first-order valence-electron chi connectivity index (χ1n) is 7.81. The van der Waals surface area contributed by atoms with Gasteiger partial charge in [0, 0.05) is 13.1 Å². The van der Waals surface area contributed by atoms with Gasteiger partial charge in [-0.05, 0) is 30.0 Å². The molecule has 2 atom stereocenters. The third kappa shape index (κ3) is 4.33. The van der Waals surface area contributed by atoms with Crippen LogP contribution < -0.4 is 0 Å². The van der Waals surface area contributed by atoms with Gasteiger partial charge in [0.15, 0.2) is 0 Å².